The van der Waals surface area contributed by atoms with Gasteiger partial charge in [0.05, 0.1) is 6.61 Å². The molecular formula is C13H17ClFNO. The molecule has 1 N–H and O–H groups in total. The standard InChI is InChI=1S/C13H17ClFNO/c1-9(16-7-10-4-5-17-8-10)12-3-2-11(15)6-13(12)14/h2-3,6,9-10,16H,4-5,7-8H2,1H3. The minimum absolute atomic E-state index is 0.128. The summed E-state index contributed by atoms with van der Waals surface area (Å²) in [5.41, 5.74) is 0.937. The molecule has 2 atom stereocenters. The van der Waals surface area contributed by atoms with Crippen LogP contribution in [0.1, 0.15) is 24.9 Å². The monoisotopic (exact) mass is 257 g/mol. The van der Waals surface area contributed by atoms with Gasteiger partial charge in [0.1, 0.15) is 5.82 Å². The maximum absolute atomic E-state index is 12.9. The molecule has 2 rings (SSSR count). The van der Waals surface area contributed by atoms with Gasteiger partial charge in [-0.2, -0.15) is 0 Å². The Labute approximate surface area is 106 Å². The van der Waals surface area contributed by atoms with E-state index in [9.17, 15) is 4.39 Å². The van der Waals surface area contributed by atoms with Crippen LogP contribution in [0.2, 0.25) is 5.02 Å². The van der Waals surface area contributed by atoms with Crippen molar-refractivity contribution in [3.8, 4) is 0 Å². The Kier molecular flexibility index (Phi) is 4.37. The molecule has 4 heteroatoms. The van der Waals surface area contributed by atoms with Crippen molar-refractivity contribution in [2.75, 3.05) is 19.8 Å². The summed E-state index contributed by atoms with van der Waals surface area (Å²) in [7, 11) is 0. The molecule has 0 radical (unpaired) electrons. The second-order valence-corrected chi connectivity index (χ2v) is 4.93. The summed E-state index contributed by atoms with van der Waals surface area (Å²) in [5.74, 6) is 0.284. The number of rotatable bonds is 4. The van der Waals surface area contributed by atoms with Crippen LogP contribution in [0.5, 0.6) is 0 Å². The van der Waals surface area contributed by atoms with Gasteiger partial charge in [0.15, 0.2) is 0 Å². The van der Waals surface area contributed by atoms with Crippen LogP contribution in [-0.4, -0.2) is 19.8 Å². The van der Waals surface area contributed by atoms with E-state index in [0.29, 0.717) is 10.9 Å². The highest BCUT2D eigenvalue weighted by Crippen LogP contribution is 2.24. The van der Waals surface area contributed by atoms with Crippen molar-refractivity contribution >= 4 is 11.6 Å². The number of hydrogen-bond acceptors (Lipinski definition) is 2. The van der Waals surface area contributed by atoms with Crippen molar-refractivity contribution in [3.63, 3.8) is 0 Å². The molecule has 2 unspecified atom stereocenters. The van der Waals surface area contributed by atoms with Crippen molar-refractivity contribution in [3.05, 3.63) is 34.6 Å². The molecule has 2 nitrogen and oxygen atoms in total. The van der Waals surface area contributed by atoms with Gasteiger partial charge < -0.3 is 10.1 Å². The highest BCUT2D eigenvalue weighted by atomic mass is 35.5. The minimum Gasteiger partial charge on any atom is -0.381 e. The Morgan fingerprint density at radius 2 is 2.41 bits per heavy atom. The minimum atomic E-state index is -0.296. The zero-order chi connectivity index (χ0) is 12.3. The molecule has 1 saturated heterocycles. The number of halogens is 2. The molecule has 0 aromatic heterocycles. The van der Waals surface area contributed by atoms with Crippen LogP contribution in [0.15, 0.2) is 18.2 Å². The van der Waals surface area contributed by atoms with Crippen LogP contribution >= 0.6 is 11.6 Å². The lowest BCUT2D eigenvalue weighted by Crippen LogP contribution is -2.26. The molecule has 1 aliphatic heterocycles. The molecular weight excluding hydrogens is 241 g/mol. The zero-order valence-electron chi connectivity index (χ0n) is 9.88. The Hall–Kier alpha value is -0.640. The molecule has 94 valence electrons. The number of nitrogens with one attached hydrogen (secondary N) is 1. The van der Waals surface area contributed by atoms with Crippen molar-refractivity contribution in [2.45, 2.75) is 19.4 Å². The summed E-state index contributed by atoms with van der Waals surface area (Å²) in [5, 5.41) is 3.89. The van der Waals surface area contributed by atoms with Gasteiger partial charge in [-0.1, -0.05) is 17.7 Å². The average Bonchev–Trinajstić information content (AvgIpc) is 2.78. The summed E-state index contributed by atoms with van der Waals surface area (Å²) in [6.07, 6.45) is 1.11. The Bertz CT molecular complexity index is 380. The average molecular weight is 258 g/mol. The first-order valence-electron chi connectivity index (χ1n) is 5.93. The Morgan fingerprint density at radius 3 is 3.06 bits per heavy atom. The molecule has 0 amide bonds. The zero-order valence-corrected chi connectivity index (χ0v) is 10.6. The van der Waals surface area contributed by atoms with E-state index < -0.39 is 0 Å². The first-order chi connectivity index (χ1) is 8.16. The van der Waals surface area contributed by atoms with Crippen molar-refractivity contribution in [2.24, 2.45) is 5.92 Å². The van der Waals surface area contributed by atoms with Crippen LogP contribution < -0.4 is 5.32 Å². The topological polar surface area (TPSA) is 21.3 Å². The van der Waals surface area contributed by atoms with E-state index in [1.807, 2.05) is 6.92 Å². The van der Waals surface area contributed by atoms with Gasteiger partial charge in [0.25, 0.3) is 0 Å². The quantitative estimate of drug-likeness (QED) is 0.895. The van der Waals surface area contributed by atoms with Gasteiger partial charge in [0.2, 0.25) is 0 Å². The molecule has 0 saturated carbocycles. The molecule has 1 aromatic rings. The number of benzene rings is 1. The van der Waals surface area contributed by atoms with Gasteiger partial charge >= 0.3 is 0 Å². The van der Waals surface area contributed by atoms with Crippen LogP contribution in [0.4, 0.5) is 4.39 Å². The van der Waals surface area contributed by atoms with Crippen molar-refractivity contribution in [1.82, 2.24) is 5.32 Å². The summed E-state index contributed by atoms with van der Waals surface area (Å²) < 4.78 is 18.2. The van der Waals surface area contributed by atoms with Crippen molar-refractivity contribution < 1.29 is 9.13 Å². The molecule has 1 fully saturated rings. The van der Waals surface area contributed by atoms with E-state index in [1.54, 1.807) is 6.07 Å². The molecule has 1 aromatic carbocycles. The van der Waals surface area contributed by atoms with E-state index in [2.05, 4.69) is 5.32 Å². The highest BCUT2D eigenvalue weighted by molar-refractivity contribution is 6.31. The number of hydrogen-bond donors (Lipinski definition) is 1. The normalized spacial score (nSPS) is 21.7. The van der Waals surface area contributed by atoms with Gasteiger partial charge in [-0.15, -0.1) is 0 Å². The second kappa shape index (κ2) is 5.80. The molecule has 0 aliphatic carbocycles. The van der Waals surface area contributed by atoms with Crippen molar-refractivity contribution in [1.29, 1.82) is 0 Å². The third-order valence-electron chi connectivity index (χ3n) is 3.17. The largest absolute Gasteiger partial charge is 0.381 e. The predicted octanol–water partition coefficient (Wildman–Crippen LogP) is 3.17. The lowest BCUT2D eigenvalue weighted by atomic mass is 10.1. The third-order valence-corrected chi connectivity index (χ3v) is 3.49. The third kappa shape index (κ3) is 3.41. The fourth-order valence-electron chi connectivity index (χ4n) is 2.05. The lowest BCUT2D eigenvalue weighted by Gasteiger charge is -2.18. The van der Waals surface area contributed by atoms with Crippen LogP contribution in [-0.2, 0) is 4.74 Å². The maximum atomic E-state index is 12.9. The summed E-state index contributed by atoms with van der Waals surface area (Å²) in [6.45, 7) is 4.64. The molecule has 1 aliphatic rings. The maximum Gasteiger partial charge on any atom is 0.124 e. The first-order valence-corrected chi connectivity index (χ1v) is 6.30. The Morgan fingerprint density at radius 1 is 1.59 bits per heavy atom. The Balaban J connectivity index is 1.91. The van der Waals surface area contributed by atoms with Crippen LogP contribution in [0, 0.1) is 11.7 Å². The SMILES string of the molecule is CC(NCC1CCOC1)c1ccc(F)cc1Cl. The first kappa shape index (κ1) is 12.8. The van der Waals surface area contributed by atoms with Gasteiger partial charge in [-0.25, -0.2) is 4.39 Å². The van der Waals surface area contributed by atoms with E-state index in [1.165, 1.54) is 12.1 Å². The van der Waals surface area contributed by atoms with Gasteiger partial charge in [0, 0.05) is 24.2 Å². The van der Waals surface area contributed by atoms with E-state index in [0.717, 1.165) is 31.7 Å². The molecule has 17 heavy (non-hydrogen) atoms. The van der Waals surface area contributed by atoms with E-state index in [-0.39, 0.29) is 11.9 Å². The number of ether oxygens (including phenoxy) is 1. The fraction of sp³-hybridized carbons (Fsp3) is 0.538. The summed E-state index contributed by atoms with van der Waals surface area (Å²) in [4.78, 5) is 0. The smallest absolute Gasteiger partial charge is 0.124 e. The summed E-state index contributed by atoms with van der Waals surface area (Å²) in [6, 6.07) is 4.66. The van der Waals surface area contributed by atoms with Crippen LogP contribution in [0.25, 0.3) is 0 Å². The molecule has 1 heterocycles. The molecule has 0 spiro atoms. The molecule has 0 bridgehead atoms. The second-order valence-electron chi connectivity index (χ2n) is 4.53. The van der Waals surface area contributed by atoms with Gasteiger partial charge in [-0.05, 0) is 37.0 Å². The fourth-order valence-corrected chi connectivity index (χ4v) is 2.38. The van der Waals surface area contributed by atoms with Crippen LogP contribution in [0.3, 0.4) is 0 Å². The lowest BCUT2D eigenvalue weighted by molar-refractivity contribution is 0.184. The van der Waals surface area contributed by atoms with Gasteiger partial charge in [-0.3, -0.25) is 0 Å². The van der Waals surface area contributed by atoms with E-state index >= 15 is 0 Å². The summed E-state index contributed by atoms with van der Waals surface area (Å²) >= 11 is 6.02. The predicted molar refractivity (Wildman–Crippen MR) is 66.8 cm³/mol. The highest BCUT2D eigenvalue weighted by Gasteiger charge is 2.17. The van der Waals surface area contributed by atoms with E-state index in [4.69, 9.17) is 16.3 Å².